The fraction of sp³-hybridized carbons (Fsp3) is 0.412. The lowest BCUT2D eigenvalue weighted by atomic mass is 10.0. The fourth-order valence-electron chi connectivity index (χ4n) is 2.50. The number of hydrogen-bond donors (Lipinski definition) is 0. The number of carbonyl (C=O) groups excluding carboxylic acids is 1. The highest BCUT2D eigenvalue weighted by molar-refractivity contribution is 5.77. The normalized spacial score (nSPS) is 12.3. The van der Waals surface area contributed by atoms with Gasteiger partial charge in [-0.3, -0.25) is 4.79 Å². The van der Waals surface area contributed by atoms with Crippen molar-refractivity contribution in [2.24, 2.45) is 7.05 Å². The maximum Gasteiger partial charge on any atom is 0.416 e. The molecule has 0 aliphatic rings. The number of alkyl halides is 6. The Kier molecular flexibility index (Phi) is 6.37. The van der Waals surface area contributed by atoms with Gasteiger partial charge in [0.1, 0.15) is 12.4 Å². The minimum Gasteiger partial charge on any atom is -0.375 e. The number of benzene rings is 1. The van der Waals surface area contributed by atoms with Gasteiger partial charge in [0.25, 0.3) is 0 Å². The number of nitrogens with zero attached hydrogens (tertiary/aromatic N) is 3. The molecule has 28 heavy (non-hydrogen) atoms. The summed E-state index contributed by atoms with van der Waals surface area (Å²) in [4.78, 5) is 17.4. The van der Waals surface area contributed by atoms with Crippen LogP contribution >= 0.6 is 0 Å². The molecule has 2 rings (SSSR count). The molecule has 154 valence electrons. The lowest BCUT2D eigenvalue weighted by molar-refractivity contribution is -0.143. The van der Waals surface area contributed by atoms with E-state index in [2.05, 4.69) is 4.98 Å². The summed E-state index contributed by atoms with van der Waals surface area (Å²) in [6.07, 6.45) is -6.87. The highest BCUT2D eigenvalue weighted by atomic mass is 19.4. The largest absolute Gasteiger partial charge is 0.416 e. The number of hydrogen-bond acceptors (Lipinski definition) is 3. The summed E-state index contributed by atoms with van der Waals surface area (Å²) >= 11 is 0. The van der Waals surface area contributed by atoms with E-state index in [0.717, 1.165) is 4.90 Å². The average Bonchev–Trinajstić information content (AvgIpc) is 2.97. The lowest BCUT2D eigenvalue weighted by Crippen LogP contribution is -2.34. The van der Waals surface area contributed by atoms with E-state index >= 15 is 0 Å². The molecule has 0 aliphatic heterocycles. The van der Waals surface area contributed by atoms with E-state index in [9.17, 15) is 31.1 Å². The van der Waals surface area contributed by atoms with Gasteiger partial charge in [-0.25, -0.2) is 4.98 Å². The van der Waals surface area contributed by atoms with Crippen molar-refractivity contribution in [3.8, 4) is 0 Å². The fourth-order valence-corrected chi connectivity index (χ4v) is 2.50. The first-order valence-electron chi connectivity index (χ1n) is 7.93. The van der Waals surface area contributed by atoms with E-state index in [0.29, 0.717) is 18.0 Å². The molecule has 0 fully saturated rings. The number of amides is 1. The number of carbonyl (C=O) groups is 1. The molecule has 1 heterocycles. The number of aryl methyl sites for hydroxylation is 1. The molecule has 11 heteroatoms. The molecule has 0 N–H and O–H groups in total. The Morgan fingerprint density at radius 3 is 2.07 bits per heavy atom. The number of ether oxygens (including phenoxy) is 1. The second-order valence-electron chi connectivity index (χ2n) is 6.05. The van der Waals surface area contributed by atoms with Crippen molar-refractivity contribution in [1.29, 1.82) is 0 Å². The first kappa shape index (κ1) is 21.7. The predicted molar refractivity (Wildman–Crippen MR) is 85.8 cm³/mol. The summed E-state index contributed by atoms with van der Waals surface area (Å²) < 4.78 is 84.5. The molecule has 0 bridgehead atoms. The zero-order valence-corrected chi connectivity index (χ0v) is 14.9. The summed E-state index contributed by atoms with van der Waals surface area (Å²) in [5, 5.41) is 0. The molecule has 0 aliphatic carbocycles. The van der Waals surface area contributed by atoms with E-state index < -0.39 is 35.9 Å². The van der Waals surface area contributed by atoms with Crippen LogP contribution in [0.1, 0.15) is 22.5 Å². The quantitative estimate of drug-likeness (QED) is 0.685. The van der Waals surface area contributed by atoms with Crippen LogP contribution in [0.2, 0.25) is 0 Å². The summed E-state index contributed by atoms with van der Waals surface area (Å²) in [6.45, 7) is -0.957. The Labute approximate surface area is 156 Å². The third kappa shape index (κ3) is 5.47. The Morgan fingerprint density at radius 1 is 1.07 bits per heavy atom. The van der Waals surface area contributed by atoms with Crippen molar-refractivity contribution in [1.82, 2.24) is 14.5 Å². The molecule has 1 amide bonds. The second kappa shape index (κ2) is 8.21. The van der Waals surface area contributed by atoms with Gasteiger partial charge in [0.2, 0.25) is 5.91 Å². The van der Waals surface area contributed by atoms with Crippen molar-refractivity contribution >= 4 is 5.91 Å². The molecule has 1 aromatic carbocycles. The number of rotatable bonds is 6. The molecule has 1 aromatic heterocycles. The van der Waals surface area contributed by atoms with Crippen molar-refractivity contribution in [3.05, 3.63) is 53.1 Å². The van der Waals surface area contributed by atoms with E-state index in [-0.39, 0.29) is 24.8 Å². The third-order valence-electron chi connectivity index (χ3n) is 3.89. The zero-order chi connectivity index (χ0) is 21.1. The Balaban J connectivity index is 2.41. The van der Waals surface area contributed by atoms with Gasteiger partial charge >= 0.3 is 12.4 Å². The van der Waals surface area contributed by atoms with Crippen LogP contribution in [0.3, 0.4) is 0 Å². The second-order valence-corrected chi connectivity index (χ2v) is 6.05. The minimum atomic E-state index is -4.96. The first-order chi connectivity index (χ1) is 12.9. The number of methoxy groups -OCH3 is 1. The average molecular weight is 409 g/mol. The Bertz CT molecular complexity index is 797. The predicted octanol–water partition coefficient (Wildman–Crippen LogP) is 3.63. The Morgan fingerprint density at radius 2 is 1.64 bits per heavy atom. The van der Waals surface area contributed by atoms with Crippen molar-refractivity contribution < 1.29 is 35.9 Å². The smallest absolute Gasteiger partial charge is 0.375 e. The maximum atomic E-state index is 13.0. The van der Waals surface area contributed by atoms with Crippen LogP contribution in [0.5, 0.6) is 0 Å². The van der Waals surface area contributed by atoms with Crippen molar-refractivity contribution in [2.75, 3.05) is 13.7 Å². The molecule has 0 unspecified atom stereocenters. The monoisotopic (exact) mass is 409 g/mol. The van der Waals surface area contributed by atoms with Crippen LogP contribution in [0.4, 0.5) is 26.3 Å². The topological polar surface area (TPSA) is 47.4 Å². The molecular weight excluding hydrogens is 392 g/mol. The van der Waals surface area contributed by atoms with Crippen molar-refractivity contribution in [3.63, 3.8) is 0 Å². The van der Waals surface area contributed by atoms with Gasteiger partial charge in [0.05, 0.1) is 17.7 Å². The Hall–Kier alpha value is -2.56. The number of aromatic nitrogens is 2. The van der Waals surface area contributed by atoms with Crippen LogP contribution in [0.15, 0.2) is 30.6 Å². The van der Waals surface area contributed by atoms with Gasteiger partial charge < -0.3 is 14.2 Å². The lowest BCUT2D eigenvalue weighted by Gasteiger charge is -2.23. The van der Waals surface area contributed by atoms with Gasteiger partial charge in [-0.15, -0.1) is 0 Å². The molecule has 5 nitrogen and oxygen atoms in total. The first-order valence-corrected chi connectivity index (χ1v) is 7.93. The highest BCUT2D eigenvalue weighted by Gasteiger charge is 2.37. The van der Waals surface area contributed by atoms with E-state index in [4.69, 9.17) is 4.74 Å². The van der Waals surface area contributed by atoms with Gasteiger partial charge in [-0.05, 0) is 23.8 Å². The third-order valence-corrected chi connectivity index (χ3v) is 3.89. The molecular formula is C17H17F6N3O2. The standard InChI is InChI=1S/C17H17F6N3O2/c1-25-4-3-24-14(25)9-26(15(27)10-28-2)8-11-5-12(16(18,19)20)7-13(6-11)17(21,22)23/h3-7H,8-10H2,1-2H3. The van der Waals surface area contributed by atoms with Crippen LogP contribution in [-0.2, 0) is 42.0 Å². The van der Waals surface area contributed by atoms with Crippen LogP contribution in [0.25, 0.3) is 0 Å². The summed E-state index contributed by atoms with van der Waals surface area (Å²) in [5.41, 5.74) is -3.18. The molecule has 2 aromatic rings. The highest BCUT2D eigenvalue weighted by Crippen LogP contribution is 2.36. The molecule has 0 saturated heterocycles. The van der Waals surface area contributed by atoms with Crippen LogP contribution in [-0.4, -0.2) is 34.1 Å². The molecule has 0 spiro atoms. The maximum absolute atomic E-state index is 13.0. The number of imidazole rings is 1. The molecule has 0 atom stereocenters. The number of halogens is 6. The van der Waals surface area contributed by atoms with Gasteiger partial charge in [0, 0.05) is 33.1 Å². The van der Waals surface area contributed by atoms with Gasteiger partial charge in [-0.2, -0.15) is 26.3 Å². The van der Waals surface area contributed by atoms with Gasteiger partial charge in [0.15, 0.2) is 0 Å². The van der Waals surface area contributed by atoms with E-state index in [1.807, 2.05) is 0 Å². The minimum absolute atomic E-state index is 0.0452. The summed E-state index contributed by atoms with van der Waals surface area (Å²) in [7, 11) is 2.90. The summed E-state index contributed by atoms with van der Waals surface area (Å²) in [6, 6.07) is 1.24. The zero-order valence-electron chi connectivity index (χ0n) is 14.9. The van der Waals surface area contributed by atoms with Gasteiger partial charge in [-0.1, -0.05) is 0 Å². The van der Waals surface area contributed by atoms with E-state index in [1.165, 1.54) is 13.3 Å². The van der Waals surface area contributed by atoms with E-state index in [1.54, 1.807) is 17.8 Å². The van der Waals surface area contributed by atoms with Crippen molar-refractivity contribution in [2.45, 2.75) is 25.4 Å². The molecule has 0 saturated carbocycles. The van der Waals surface area contributed by atoms with Crippen LogP contribution in [0, 0.1) is 0 Å². The molecule has 0 radical (unpaired) electrons. The SMILES string of the molecule is COCC(=O)N(Cc1cc(C(F)(F)F)cc(C(F)(F)F)c1)Cc1nccn1C. The van der Waals surface area contributed by atoms with Crippen LogP contribution < -0.4 is 0 Å². The summed E-state index contributed by atoms with van der Waals surface area (Å²) in [5.74, 6) is -0.191.